The molecule has 0 spiro atoms. The third kappa shape index (κ3) is 6.99. The van der Waals surface area contributed by atoms with Gasteiger partial charge in [0.1, 0.15) is 5.75 Å². The van der Waals surface area contributed by atoms with Crippen molar-refractivity contribution in [2.45, 2.75) is 45.1 Å². The van der Waals surface area contributed by atoms with E-state index in [9.17, 15) is 4.79 Å². The van der Waals surface area contributed by atoms with Crippen molar-refractivity contribution in [3.05, 3.63) is 59.8 Å². The minimum Gasteiger partial charge on any atom is -0.493 e. The van der Waals surface area contributed by atoms with E-state index in [0.29, 0.717) is 42.6 Å². The molecule has 0 bridgehead atoms. The molecule has 0 saturated heterocycles. The van der Waals surface area contributed by atoms with Crippen LogP contribution in [0.1, 0.15) is 54.4 Å². The Morgan fingerprint density at radius 2 is 1.94 bits per heavy atom. The van der Waals surface area contributed by atoms with Gasteiger partial charge in [-0.2, -0.15) is 5.10 Å². The smallest absolute Gasteiger partial charge is 0.251 e. The number of rotatable bonds is 12. The molecular weight excluding hydrogens is 442 g/mol. The topological polar surface area (TPSA) is 128 Å². The van der Waals surface area contributed by atoms with Crippen LogP contribution in [-0.4, -0.2) is 35.9 Å². The summed E-state index contributed by atoms with van der Waals surface area (Å²) in [5.41, 5.74) is 16.5. The van der Waals surface area contributed by atoms with Gasteiger partial charge in [0.15, 0.2) is 0 Å². The average Bonchev–Trinajstić information content (AvgIpc) is 3.57. The lowest BCUT2D eigenvalue weighted by Gasteiger charge is -2.15. The molecule has 3 aromatic rings. The maximum atomic E-state index is 12.5. The summed E-state index contributed by atoms with van der Waals surface area (Å²) in [7, 11) is 0. The molecule has 1 amide bonds. The van der Waals surface area contributed by atoms with Crippen molar-refractivity contribution in [1.82, 2.24) is 15.5 Å². The first-order valence-electron chi connectivity index (χ1n) is 12.4. The number of aromatic amines is 1. The van der Waals surface area contributed by atoms with E-state index in [4.69, 9.17) is 20.9 Å². The highest BCUT2D eigenvalue weighted by Gasteiger charge is 2.16. The zero-order chi connectivity index (χ0) is 24.5. The van der Waals surface area contributed by atoms with Gasteiger partial charge in [0, 0.05) is 47.4 Å². The molecule has 4 rings (SSSR count). The van der Waals surface area contributed by atoms with E-state index < -0.39 is 0 Å². The first-order valence-corrected chi connectivity index (χ1v) is 12.4. The van der Waals surface area contributed by atoms with Crippen LogP contribution in [0, 0.1) is 5.92 Å². The number of nitrogen functional groups attached to an aromatic ring is 2. The second kappa shape index (κ2) is 12.3. The maximum Gasteiger partial charge on any atom is 0.251 e. The number of H-pyrrole nitrogens is 1. The monoisotopic (exact) mass is 477 g/mol. The number of nitrogens with one attached hydrogen (secondary N) is 2. The molecule has 35 heavy (non-hydrogen) atoms. The zero-order valence-electron chi connectivity index (χ0n) is 20.1. The summed E-state index contributed by atoms with van der Waals surface area (Å²) in [6.45, 7) is 2.38. The van der Waals surface area contributed by atoms with Crippen LogP contribution in [0.3, 0.4) is 0 Å². The van der Waals surface area contributed by atoms with Crippen LogP contribution in [-0.2, 0) is 11.3 Å². The van der Waals surface area contributed by atoms with E-state index in [2.05, 4.69) is 15.5 Å². The summed E-state index contributed by atoms with van der Waals surface area (Å²) in [6.07, 6.45) is 8.43. The molecule has 1 aliphatic rings. The quantitative estimate of drug-likeness (QED) is 0.224. The third-order valence-electron chi connectivity index (χ3n) is 6.40. The van der Waals surface area contributed by atoms with Crippen LogP contribution >= 0.6 is 0 Å². The second-order valence-corrected chi connectivity index (χ2v) is 9.12. The molecule has 186 valence electrons. The third-order valence-corrected chi connectivity index (χ3v) is 6.40. The van der Waals surface area contributed by atoms with Gasteiger partial charge in [-0.1, -0.05) is 12.8 Å². The number of anilines is 2. The molecule has 6 N–H and O–H groups in total. The molecule has 8 heteroatoms. The van der Waals surface area contributed by atoms with E-state index in [-0.39, 0.29) is 5.91 Å². The number of nitrogens with zero attached hydrogens (tertiary/aromatic N) is 1. The zero-order valence-corrected chi connectivity index (χ0v) is 20.1. The number of aromatic nitrogens is 2. The van der Waals surface area contributed by atoms with Gasteiger partial charge in [-0.25, -0.2) is 0 Å². The van der Waals surface area contributed by atoms with Crippen molar-refractivity contribution in [1.29, 1.82) is 0 Å². The van der Waals surface area contributed by atoms with Crippen LogP contribution in [0.15, 0.2) is 48.7 Å². The molecule has 0 aliphatic heterocycles. The highest BCUT2D eigenvalue weighted by Crippen LogP contribution is 2.28. The molecule has 8 nitrogen and oxygen atoms in total. The van der Waals surface area contributed by atoms with E-state index >= 15 is 0 Å². The summed E-state index contributed by atoms with van der Waals surface area (Å²) in [5, 5.41) is 9.76. The number of carbonyl (C=O) groups excluding carboxylic acids is 1. The number of nitrogens with two attached hydrogens (primary N) is 2. The predicted molar refractivity (Wildman–Crippen MR) is 138 cm³/mol. The molecule has 0 radical (unpaired) electrons. The van der Waals surface area contributed by atoms with Crippen LogP contribution in [0.5, 0.6) is 5.75 Å². The maximum absolute atomic E-state index is 12.5. The van der Waals surface area contributed by atoms with Gasteiger partial charge in [0.05, 0.1) is 18.9 Å². The van der Waals surface area contributed by atoms with Gasteiger partial charge in [-0.15, -0.1) is 0 Å². The summed E-state index contributed by atoms with van der Waals surface area (Å²) >= 11 is 0. The minimum atomic E-state index is -0.141. The molecule has 0 atom stereocenters. The Bertz CT molecular complexity index is 1090. The average molecular weight is 478 g/mol. The molecule has 0 unspecified atom stereocenters. The fourth-order valence-electron chi connectivity index (χ4n) is 4.41. The van der Waals surface area contributed by atoms with Crippen LogP contribution in [0.4, 0.5) is 11.4 Å². The standard InChI is InChI=1S/C27H35N5O3/c28-22-8-10-26(35-17-19-5-1-2-6-19)21(15-22)18-34-14-4-3-12-30-27(33)20-7-9-23(24(29)16-20)25-11-13-31-32-25/h7-11,13,15-16,19H,1-6,12,14,17-18,28-29H2,(H,30,33)(H,31,32). The Labute approximate surface area is 206 Å². The Morgan fingerprint density at radius 1 is 1.09 bits per heavy atom. The lowest BCUT2D eigenvalue weighted by molar-refractivity contribution is 0.0945. The van der Waals surface area contributed by atoms with Crippen molar-refractivity contribution >= 4 is 17.3 Å². The largest absolute Gasteiger partial charge is 0.493 e. The molecule has 1 aliphatic carbocycles. The second-order valence-electron chi connectivity index (χ2n) is 9.12. The summed E-state index contributed by atoms with van der Waals surface area (Å²) < 4.78 is 12.0. The van der Waals surface area contributed by atoms with Gasteiger partial charge in [0.2, 0.25) is 0 Å². The minimum absolute atomic E-state index is 0.141. The van der Waals surface area contributed by atoms with E-state index in [1.807, 2.05) is 30.3 Å². The molecular formula is C27H35N5O3. The summed E-state index contributed by atoms with van der Waals surface area (Å²) in [5.74, 6) is 1.37. The van der Waals surface area contributed by atoms with Crippen molar-refractivity contribution in [2.24, 2.45) is 5.92 Å². The Kier molecular flexibility index (Phi) is 8.62. The number of carbonyl (C=O) groups is 1. The highest BCUT2D eigenvalue weighted by atomic mass is 16.5. The van der Waals surface area contributed by atoms with Crippen LogP contribution in [0.25, 0.3) is 11.3 Å². The predicted octanol–water partition coefficient (Wildman–Crippen LogP) is 4.54. The van der Waals surface area contributed by atoms with Crippen LogP contribution in [0.2, 0.25) is 0 Å². The van der Waals surface area contributed by atoms with Gasteiger partial charge < -0.3 is 26.3 Å². The Balaban J connectivity index is 1.15. The lowest BCUT2D eigenvalue weighted by atomic mass is 10.1. The Hall–Kier alpha value is -3.52. The highest BCUT2D eigenvalue weighted by molar-refractivity contribution is 5.96. The number of hydrogen-bond acceptors (Lipinski definition) is 6. The lowest BCUT2D eigenvalue weighted by Crippen LogP contribution is -2.24. The van der Waals surface area contributed by atoms with Crippen molar-refractivity contribution in [3.8, 4) is 17.0 Å². The number of ether oxygens (including phenoxy) is 2. The van der Waals surface area contributed by atoms with Gasteiger partial charge in [-0.3, -0.25) is 9.89 Å². The number of benzene rings is 2. The normalized spacial score (nSPS) is 13.7. The Morgan fingerprint density at radius 3 is 2.71 bits per heavy atom. The first kappa shape index (κ1) is 24.6. The molecule has 1 fully saturated rings. The molecule has 1 saturated carbocycles. The fraction of sp³-hybridized carbons (Fsp3) is 0.407. The van der Waals surface area contributed by atoms with Gasteiger partial charge >= 0.3 is 0 Å². The van der Waals surface area contributed by atoms with Crippen molar-refractivity contribution in [2.75, 3.05) is 31.2 Å². The number of unbranched alkanes of at least 4 members (excludes halogenated alkanes) is 1. The number of amides is 1. The van der Waals surface area contributed by atoms with Crippen molar-refractivity contribution in [3.63, 3.8) is 0 Å². The van der Waals surface area contributed by atoms with E-state index in [1.165, 1.54) is 25.7 Å². The van der Waals surface area contributed by atoms with Gasteiger partial charge in [-0.05, 0) is 74.1 Å². The fourth-order valence-corrected chi connectivity index (χ4v) is 4.41. The first-order chi connectivity index (χ1) is 17.1. The summed E-state index contributed by atoms with van der Waals surface area (Å²) in [6, 6.07) is 12.8. The molecule has 1 heterocycles. The summed E-state index contributed by atoms with van der Waals surface area (Å²) in [4.78, 5) is 12.5. The SMILES string of the molecule is Nc1ccc(OCC2CCCC2)c(COCCCCNC(=O)c2ccc(-c3ccn[nH]3)c(N)c2)c1. The van der Waals surface area contributed by atoms with E-state index in [1.54, 1.807) is 18.3 Å². The van der Waals surface area contributed by atoms with E-state index in [0.717, 1.165) is 42.0 Å². The molecule has 2 aromatic carbocycles. The molecule has 1 aromatic heterocycles. The van der Waals surface area contributed by atoms with Crippen molar-refractivity contribution < 1.29 is 14.3 Å². The number of hydrogen-bond donors (Lipinski definition) is 4. The van der Waals surface area contributed by atoms with Crippen LogP contribution < -0.4 is 21.5 Å². The van der Waals surface area contributed by atoms with Gasteiger partial charge in [0.25, 0.3) is 5.91 Å².